The Kier molecular flexibility index (Phi) is 6.46. The van der Waals surface area contributed by atoms with Gasteiger partial charge in [-0.15, -0.1) is 0 Å². The highest BCUT2D eigenvalue weighted by atomic mass is 16.5. The first-order valence-corrected chi connectivity index (χ1v) is 10.8. The molecule has 0 saturated carbocycles. The minimum atomic E-state index is -0.0143. The Morgan fingerprint density at radius 1 is 1.06 bits per heavy atom. The third kappa shape index (κ3) is 5.02. The fourth-order valence-electron chi connectivity index (χ4n) is 3.80. The number of carbonyl (C=O) groups is 1. The highest BCUT2D eigenvalue weighted by Gasteiger charge is 2.27. The van der Waals surface area contributed by atoms with Crippen LogP contribution >= 0.6 is 0 Å². The van der Waals surface area contributed by atoms with E-state index in [9.17, 15) is 4.79 Å². The molecule has 0 spiro atoms. The highest BCUT2D eigenvalue weighted by molar-refractivity contribution is 5.92. The van der Waals surface area contributed by atoms with Crippen molar-refractivity contribution in [1.82, 2.24) is 9.97 Å². The van der Waals surface area contributed by atoms with E-state index in [0.717, 1.165) is 55.2 Å². The molecule has 0 bridgehead atoms. The van der Waals surface area contributed by atoms with Crippen LogP contribution in [0.1, 0.15) is 30.9 Å². The summed E-state index contributed by atoms with van der Waals surface area (Å²) in [5.41, 5.74) is 3.16. The molecule has 0 radical (unpaired) electrons. The summed E-state index contributed by atoms with van der Waals surface area (Å²) in [5, 5.41) is 3.06. The average molecular weight is 417 g/mol. The molecule has 1 aliphatic heterocycles. The molecule has 6 nitrogen and oxygen atoms in total. The third-order valence-electron chi connectivity index (χ3n) is 5.74. The first-order valence-electron chi connectivity index (χ1n) is 10.8. The summed E-state index contributed by atoms with van der Waals surface area (Å²) >= 11 is 0. The van der Waals surface area contributed by atoms with Crippen LogP contribution < -0.4 is 15.0 Å². The number of nitrogens with zero attached hydrogens (tertiary/aromatic N) is 3. The van der Waals surface area contributed by atoms with Gasteiger partial charge in [0.25, 0.3) is 5.88 Å². The van der Waals surface area contributed by atoms with Gasteiger partial charge in [-0.1, -0.05) is 37.3 Å². The van der Waals surface area contributed by atoms with E-state index in [2.05, 4.69) is 39.2 Å². The lowest BCUT2D eigenvalue weighted by Crippen LogP contribution is -2.38. The Bertz CT molecular complexity index is 1030. The van der Waals surface area contributed by atoms with Crippen molar-refractivity contribution in [3.05, 3.63) is 72.1 Å². The van der Waals surface area contributed by atoms with Gasteiger partial charge in [0.05, 0.1) is 0 Å². The van der Waals surface area contributed by atoms with E-state index in [-0.39, 0.29) is 11.8 Å². The third-order valence-corrected chi connectivity index (χ3v) is 5.74. The van der Waals surface area contributed by atoms with Crippen LogP contribution in [0.5, 0.6) is 11.6 Å². The van der Waals surface area contributed by atoms with Crippen LogP contribution in [0.2, 0.25) is 0 Å². The lowest BCUT2D eigenvalue weighted by molar-refractivity contribution is -0.120. The normalized spacial score (nSPS) is 14.3. The number of nitrogens with one attached hydrogen (secondary N) is 1. The van der Waals surface area contributed by atoms with E-state index in [1.54, 1.807) is 12.4 Å². The molecule has 4 rings (SSSR count). The van der Waals surface area contributed by atoms with E-state index < -0.39 is 0 Å². The summed E-state index contributed by atoms with van der Waals surface area (Å²) in [7, 11) is 0. The monoisotopic (exact) mass is 416 g/mol. The number of para-hydroxylation sites is 1. The zero-order valence-electron chi connectivity index (χ0n) is 18.0. The number of hydrogen-bond acceptors (Lipinski definition) is 5. The van der Waals surface area contributed by atoms with Gasteiger partial charge in [-0.05, 0) is 55.5 Å². The Morgan fingerprint density at radius 2 is 1.77 bits per heavy atom. The van der Waals surface area contributed by atoms with E-state index >= 15 is 0 Å². The fourth-order valence-corrected chi connectivity index (χ4v) is 3.80. The number of amides is 1. The van der Waals surface area contributed by atoms with Crippen molar-refractivity contribution < 1.29 is 9.53 Å². The van der Waals surface area contributed by atoms with Gasteiger partial charge in [0.15, 0.2) is 5.82 Å². The van der Waals surface area contributed by atoms with Crippen molar-refractivity contribution in [2.24, 2.45) is 5.92 Å². The fraction of sp³-hybridized carbons (Fsp3) is 0.320. The van der Waals surface area contributed by atoms with Crippen molar-refractivity contribution in [2.75, 3.05) is 23.3 Å². The molecule has 1 N–H and O–H groups in total. The Morgan fingerprint density at radius 3 is 2.48 bits per heavy atom. The van der Waals surface area contributed by atoms with E-state index in [1.807, 2.05) is 43.3 Å². The number of hydrogen-bond donors (Lipinski definition) is 1. The van der Waals surface area contributed by atoms with Crippen molar-refractivity contribution >= 4 is 17.4 Å². The number of aryl methyl sites for hydroxylation is 2. The molecule has 6 heteroatoms. The maximum Gasteiger partial charge on any atom is 0.263 e. The predicted molar refractivity (Wildman–Crippen MR) is 123 cm³/mol. The molecule has 1 saturated heterocycles. The molecule has 1 fully saturated rings. The maximum atomic E-state index is 12.7. The van der Waals surface area contributed by atoms with E-state index in [0.29, 0.717) is 5.88 Å². The molecule has 1 aromatic heterocycles. The number of rotatable bonds is 6. The van der Waals surface area contributed by atoms with Gasteiger partial charge in [0.2, 0.25) is 5.91 Å². The van der Waals surface area contributed by atoms with Crippen LogP contribution in [0.3, 0.4) is 0 Å². The smallest absolute Gasteiger partial charge is 0.263 e. The molecule has 1 amide bonds. The van der Waals surface area contributed by atoms with Gasteiger partial charge in [0.1, 0.15) is 5.75 Å². The number of anilines is 2. The second-order valence-corrected chi connectivity index (χ2v) is 7.85. The molecular weight excluding hydrogens is 388 g/mol. The predicted octanol–water partition coefficient (Wildman–Crippen LogP) is 4.99. The molecule has 3 aromatic rings. The molecule has 0 unspecified atom stereocenters. The second-order valence-electron chi connectivity index (χ2n) is 7.85. The first kappa shape index (κ1) is 20.8. The quantitative estimate of drug-likeness (QED) is 0.613. The van der Waals surface area contributed by atoms with Crippen LogP contribution in [0, 0.1) is 12.8 Å². The van der Waals surface area contributed by atoms with Crippen molar-refractivity contribution in [1.29, 1.82) is 0 Å². The molecule has 0 atom stereocenters. The van der Waals surface area contributed by atoms with Gasteiger partial charge in [0, 0.05) is 37.1 Å². The van der Waals surface area contributed by atoms with Gasteiger partial charge in [-0.2, -0.15) is 0 Å². The van der Waals surface area contributed by atoms with Gasteiger partial charge < -0.3 is 15.0 Å². The number of ether oxygens (including phenoxy) is 1. The summed E-state index contributed by atoms with van der Waals surface area (Å²) in [6, 6.07) is 15.9. The molecule has 1 aliphatic rings. The lowest BCUT2D eigenvalue weighted by atomic mass is 9.95. The molecule has 2 aromatic carbocycles. The summed E-state index contributed by atoms with van der Waals surface area (Å²) in [6.45, 7) is 5.59. The topological polar surface area (TPSA) is 67.4 Å². The van der Waals surface area contributed by atoms with E-state index in [1.165, 1.54) is 5.56 Å². The minimum absolute atomic E-state index is 0.0143. The Labute approximate surface area is 183 Å². The lowest BCUT2D eigenvalue weighted by Gasteiger charge is -2.32. The SMILES string of the molecule is CCc1ccc(NC(=O)C2CCN(c3nccnc3Oc3ccccc3C)CC2)cc1. The van der Waals surface area contributed by atoms with Gasteiger partial charge >= 0.3 is 0 Å². The maximum absolute atomic E-state index is 12.7. The summed E-state index contributed by atoms with van der Waals surface area (Å²) in [4.78, 5) is 23.8. The minimum Gasteiger partial charge on any atom is -0.436 e. The number of piperidine rings is 1. The number of aromatic nitrogens is 2. The van der Waals surface area contributed by atoms with Crippen LogP contribution in [-0.2, 0) is 11.2 Å². The number of benzene rings is 2. The average Bonchev–Trinajstić information content (AvgIpc) is 2.81. The van der Waals surface area contributed by atoms with Crippen molar-refractivity contribution in [3.8, 4) is 11.6 Å². The standard InChI is InChI=1S/C25H28N4O2/c1-3-19-8-10-21(11-9-19)28-24(30)20-12-16-29(17-13-20)23-25(27-15-14-26-23)31-22-7-5-4-6-18(22)2/h4-11,14-15,20H,3,12-13,16-17H2,1-2H3,(H,28,30). The molecule has 2 heterocycles. The summed E-state index contributed by atoms with van der Waals surface area (Å²) in [6.07, 6.45) is 5.84. The Balaban J connectivity index is 1.38. The van der Waals surface area contributed by atoms with Crippen LogP contribution in [0.25, 0.3) is 0 Å². The summed E-state index contributed by atoms with van der Waals surface area (Å²) < 4.78 is 6.07. The second kappa shape index (κ2) is 9.60. The molecule has 160 valence electrons. The largest absolute Gasteiger partial charge is 0.436 e. The van der Waals surface area contributed by atoms with Crippen molar-refractivity contribution in [2.45, 2.75) is 33.1 Å². The number of carbonyl (C=O) groups excluding carboxylic acids is 1. The van der Waals surface area contributed by atoms with Gasteiger partial charge in [-0.25, -0.2) is 9.97 Å². The zero-order chi connectivity index (χ0) is 21.6. The zero-order valence-corrected chi connectivity index (χ0v) is 18.0. The molecule has 0 aliphatic carbocycles. The first-order chi connectivity index (χ1) is 15.1. The van der Waals surface area contributed by atoms with Crippen LogP contribution in [-0.4, -0.2) is 29.0 Å². The van der Waals surface area contributed by atoms with E-state index in [4.69, 9.17) is 4.74 Å². The van der Waals surface area contributed by atoms with Crippen molar-refractivity contribution in [3.63, 3.8) is 0 Å². The van der Waals surface area contributed by atoms with Gasteiger partial charge in [-0.3, -0.25) is 4.79 Å². The van der Waals surface area contributed by atoms with Crippen LogP contribution in [0.15, 0.2) is 60.9 Å². The molecule has 31 heavy (non-hydrogen) atoms. The Hall–Kier alpha value is -3.41. The molecular formula is C25H28N4O2. The summed E-state index contributed by atoms with van der Waals surface area (Å²) in [5.74, 6) is 2.06. The van der Waals surface area contributed by atoms with Crippen LogP contribution in [0.4, 0.5) is 11.5 Å². The highest BCUT2D eigenvalue weighted by Crippen LogP contribution is 2.32.